The summed E-state index contributed by atoms with van der Waals surface area (Å²) in [6.45, 7) is -0.383. The second-order valence-electron chi connectivity index (χ2n) is 14.1. The van der Waals surface area contributed by atoms with E-state index in [9.17, 15) is 37.8 Å². The normalized spacial score (nSPS) is 26.2. The van der Waals surface area contributed by atoms with Gasteiger partial charge in [0.25, 0.3) is 11.8 Å². The molecule has 2 aliphatic carbocycles. The van der Waals surface area contributed by atoms with Crippen molar-refractivity contribution in [3.8, 4) is 5.75 Å². The van der Waals surface area contributed by atoms with Crippen molar-refractivity contribution < 1.29 is 47.0 Å². The lowest BCUT2D eigenvalue weighted by molar-refractivity contribution is -0.141. The number of allylic oxidation sites excluding steroid dienone is 2. The molecule has 6 unspecified atom stereocenters. The molecule has 2 saturated heterocycles. The fraction of sp³-hybridized carbons (Fsp3) is 0.308. The molecule has 284 valence electrons. The van der Waals surface area contributed by atoms with Crippen LogP contribution in [0.25, 0.3) is 0 Å². The Hall–Kier alpha value is -5.18. The highest BCUT2D eigenvalue weighted by Gasteiger charge is 2.71. The quantitative estimate of drug-likeness (QED) is 0.135. The lowest BCUT2D eigenvalue weighted by atomic mass is 9.50. The van der Waals surface area contributed by atoms with Crippen LogP contribution in [-0.2, 0) is 43.8 Å². The molecule has 2 aromatic carbocycles. The van der Waals surface area contributed by atoms with Crippen LogP contribution in [0, 0.1) is 23.7 Å². The lowest BCUT2D eigenvalue weighted by Gasteiger charge is -2.49. The summed E-state index contributed by atoms with van der Waals surface area (Å²) in [7, 11) is 0. The number of carbonyl (C=O) groups excluding carboxylic acids is 4. The maximum atomic E-state index is 15.2. The molecular weight excluding hydrogens is 764 g/mol. The van der Waals surface area contributed by atoms with E-state index in [1.165, 1.54) is 23.1 Å². The Morgan fingerprint density at radius 1 is 0.945 bits per heavy atom. The fourth-order valence-electron chi connectivity index (χ4n) is 8.91. The van der Waals surface area contributed by atoms with Crippen molar-refractivity contribution in [2.24, 2.45) is 23.7 Å². The van der Waals surface area contributed by atoms with Gasteiger partial charge in [0.1, 0.15) is 29.3 Å². The van der Waals surface area contributed by atoms with Gasteiger partial charge in [-0.05, 0) is 78.8 Å². The van der Waals surface area contributed by atoms with E-state index in [1.807, 2.05) is 6.08 Å². The number of benzene rings is 2. The number of anilines is 1. The molecule has 8 rings (SSSR count). The molecule has 4 aliphatic rings. The number of phenols is 1. The maximum absolute atomic E-state index is 15.2. The van der Waals surface area contributed by atoms with E-state index in [2.05, 4.69) is 10.4 Å². The maximum Gasteiger partial charge on any atom is 0.417 e. The largest absolute Gasteiger partial charge is 0.508 e. The number of aromatic nitrogens is 1. The van der Waals surface area contributed by atoms with E-state index in [1.54, 1.807) is 42.5 Å². The van der Waals surface area contributed by atoms with Crippen LogP contribution in [0.15, 0.2) is 89.0 Å². The van der Waals surface area contributed by atoms with Gasteiger partial charge in [-0.15, -0.1) is 0 Å². The number of alkyl halides is 3. The summed E-state index contributed by atoms with van der Waals surface area (Å²) in [5.74, 6) is -6.79. The smallest absolute Gasteiger partial charge is 0.417 e. The van der Waals surface area contributed by atoms with Gasteiger partial charge in [-0.25, -0.2) is 4.98 Å². The molecule has 6 atom stereocenters. The van der Waals surface area contributed by atoms with E-state index < -0.39 is 76.1 Å². The minimum absolute atomic E-state index is 0.0541. The van der Waals surface area contributed by atoms with Crippen LogP contribution in [0.4, 0.5) is 19.0 Å². The van der Waals surface area contributed by atoms with E-state index in [0.29, 0.717) is 39.9 Å². The number of hydrazine groups is 1. The molecule has 4 aromatic rings. The molecule has 0 radical (unpaired) electrons. The molecule has 11 nitrogen and oxygen atoms in total. The van der Waals surface area contributed by atoms with Gasteiger partial charge in [-0.3, -0.25) is 29.5 Å². The predicted octanol–water partition coefficient (Wildman–Crippen LogP) is 6.43. The SMILES string of the molecule is O=C1C2CC=C3C(CC4C(=O)N(Nc5ncc(C(F)(F)F)cc5Cl)C(=O)C4(c4ccc(Cl)cc4)C3c3ccc(CO)o3)C2C(=O)N1CCc1ccc(O)cc1. The van der Waals surface area contributed by atoms with Crippen LogP contribution in [0.2, 0.25) is 10.0 Å². The Balaban J connectivity index is 1.23. The van der Waals surface area contributed by atoms with Gasteiger partial charge in [0.05, 0.1) is 34.3 Å². The first-order valence-electron chi connectivity index (χ1n) is 17.4. The first kappa shape index (κ1) is 36.8. The molecule has 16 heteroatoms. The first-order chi connectivity index (χ1) is 26.2. The van der Waals surface area contributed by atoms with Gasteiger partial charge < -0.3 is 14.6 Å². The van der Waals surface area contributed by atoms with E-state index in [4.69, 9.17) is 27.6 Å². The predicted molar refractivity (Wildman–Crippen MR) is 190 cm³/mol. The topological polar surface area (TPSA) is 153 Å². The molecule has 4 heterocycles. The van der Waals surface area contributed by atoms with Crippen LogP contribution < -0.4 is 5.43 Å². The molecule has 2 aromatic heterocycles. The Morgan fingerprint density at radius 3 is 2.33 bits per heavy atom. The number of amides is 4. The summed E-state index contributed by atoms with van der Waals surface area (Å²) >= 11 is 12.5. The minimum Gasteiger partial charge on any atom is -0.508 e. The van der Waals surface area contributed by atoms with Crippen molar-refractivity contribution in [3.05, 3.63) is 123 Å². The Morgan fingerprint density at radius 2 is 1.67 bits per heavy atom. The molecule has 2 aliphatic heterocycles. The number of furan rings is 1. The number of aliphatic hydroxyl groups excluding tert-OH is 1. The van der Waals surface area contributed by atoms with Crippen molar-refractivity contribution in [1.82, 2.24) is 14.9 Å². The molecule has 3 N–H and O–H groups in total. The summed E-state index contributed by atoms with van der Waals surface area (Å²) in [4.78, 5) is 63.1. The summed E-state index contributed by atoms with van der Waals surface area (Å²) in [6.07, 6.45) is -1.94. The van der Waals surface area contributed by atoms with Crippen molar-refractivity contribution in [2.75, 3.05) is 12.0 Å². The van der Waals surface area contributed by atoms with E-state index in [-0.39, 0.29) is 48.4 Å². The number of imide groups is 2. The number of rotatable bonds is 8. The van der Waals surface area contributed by atoms with Crippen LogP contribution in [0.3, 0.4) is 0 Å². The molecule has 4 amide bonds. The van der Waals surface area contributed by atoms with Gasteiger partial charge in [-0.2, -0.15) is 18.2 Å². The molecular formula is C39H31Cl2F3N4O7. The number of hydrogen-bond donors (Lipinski definition) is 3. The highest BCUT2D eigenvalue weighted by atomic mass is 35.5. The molecule has 0 spiro atoms. The van der Waals surface area contributed by atoms with Crippen molar-refractivity contribution in [1.29, 1.82) is 0 Å². The Kier molecular flexibility index (Phi) is 9.05. The third-order valence-electron chi connectivity index (χ3n) is 11.3. The number of likely N-dealkylation sites (tertiary alicyclic amines) is 1. The number of aromatic hydroxyl groups is 1. The van der Waals surface area contributed by atoms with Crippen molar-refractivity contribution >= 4 is 52.6 Å². The monoisotopic (exact) mass is 794 g/mol. The standard InChI is InChI=1S/C39H31Cl2F3N4O7/c40-22-5-3-20(4-6-22)38-28(35(52)48(37(38)54)46-33-29(41)15-21(17-45-33)39(42,43)44)16-27-25(32(38)30-12-9-24(18-49)55-30)10-11-26-31(27)36(53)47(34(26)51)14-13-19-1-7-23(50)8-2-19/h1-10,12,15,17,26-28,31-32,49-50H,11,13-14,16,18H2,(H,45,46). The number of halogens is 5. The molecule has 1 saturated carbocycles. The number of hydrogen-bond acceptors (Lipinski definition) is 9. The third-order valence-corrected chi connectivity index (χ3v) is 11.9. The van der Waals surface area contributed by atoms with Crippen LogP contribution >= 0.6 is 23.2 Å². The van der Waals surface area contributed by atoms with Crippen molar-refractivity contribution in [3.63, 3.8) is 0 Å². The molecule has 0 bridgehead atoms. The minimum atomic E-state index is -4.76. The average molecular weight is 796 g/mol. The number of phenolic OH excluding ortho intramolecular Hbond substituents is 1. The van der Waals surface area contributed by atoms with Gasteiger partial charge >= 0.3 is 6.18 Å². The Labute approximate surface area is 321 Å². The summed E-state index contributed by atoms with van der Waals surface area (Å²) in [5, 5.41) is 20.2. The first-order valence-corrected chi connectivity index (χ1v) is 18.2. The zero-order valence-electron chi connectivity index (χ0n) is 28.6. The number of pyridine rings is 1. The van der Waals surface area contributed by atoms with Gasteiger partial charge in [-0.1, -0.05) is 59.1 Å². The zero-order valence-corrected chi connectivity index (χ0v) is 30.1. The van der Waals surface area contributed by atoms with E-state index >= 15 is 4.79 Å². The number of nitrogens with zero attached hydrogens (tertiary/aromatic N) is 3. The average Bonchev–Trinajstić information content (AvgIpc) is 3.79. The summed E-state index contributed by atoms with van der Waals surface area (Å²) < 4.78 is 46.5. The van der Waals surface area contributed by atoms with Crippen LogP contribution in [-0.4, -0.2) is 55.3 Å². The summed E-state index contributed by atoms with van der Waals surface area (Å²) in [5.41, 5.74) is 1.46. The van der Waals surface area contributed by atoms with Crippen LogP contribution in [0.1, 0.15) is 47.0 Å². The van der Waals surface area contributed by atoms with Crippen LogP contribution in [0.5, 0.6) is 5.75 Å². The summed E-state index contributed by atoms with van der Waals surface area (Å²) in [6, 6.07) is 16.5. The second-order valence-corrected chi connectivity index (χ2v) is 15.0. The Bertz CT molecular complexity index is 2260. The second kappa shape index (κ2) is 13.5. The van der Waals surface area contributed by atoms with Gasteiger partial charge in [0, 0.05) is 17.8 Å². The van der Waals surface area contributed by atoms with Gasteiger partial charge in [0.2, 0.25) is 11.8 Å². The highest BCUT2D eigenvalue weighted by molar-refractivity contribution is 6.33. The number of nitrogens with one attached hydrogen (secondary N) is 1. The lowest BCUT2D eigenvalue weighted by Crippen LogP contribution is -2.53. The number of fused-ring (bicyclic) bond motifs is 4. The third kappa shape index (κ3) is 5.89. The molecule has 3 fully saturated rings. The van der Waals surface area contributed by atoms with Gasteiger partial charge in [0.15, 0.2) is 5.82 Å². The van der Waals surface area contributed by atoms with E-state index in [0.717, 1.165) is 5.56 Å². The fourth-order valence-corrected chi connectivity index (χ4v) is 9.25. The highest BCUT2D eigenvalue weighted by Crippen LogP contribution is 2.64. The number of aliphatic hydroxyl groups is 1. The number of carbonyl (C=O) groups is 4. The zero-order chi connectivity index (χ0) is 39.0. The van der Waals surface area contributed by atoms with Crippen molar-refractivity contribution in [2.45, 2.75) is 43.4 Å². The molecule has 55 heavy (non-hydrogen) atoms.